The molecule has 0 spiro atoms. The number of hydrogen-bond donors (Lipinski definition) is 1. The highest BCUT2D eigenvalue weighted by atomic mass is 79.9. The third-order valence-electron chi connectivity index (χ3n) is 3.63. The van der Waals surface area contributed by atoms with Crippen LogP contribution in [0.2, 0.25) is 0 Å². The number of carbonyl (C=O) groups excluding carboxylic acids is 1. The Balaban J connectivity index is 1.94. The van der Waals surface area contributed by atoms with Crippen molar-refractivity contribution in [3.05, 3.63) is 68.7 Å². The van der Waals surface area contributed by atoms with Gasteiger partial charge in [-0.2, -0.15) is 0 Å². The predicted octanol–water partition coefficient (Wildman–Crippen LogP) is 4.12. The first kappa shape index (κ1) is 16.3. The van der Waals surface area contributed by atoms with Crippen LogP contribution in [-0.4, -0.2) is 13.0 Å². The van der Waals surface area contributed by atoms with Gasteiger partial charge in [0.25, 0.3) is 5.91 Å². The lowest BCUT2D eigenvalue weighted by Crippen LogP contribution is -2.15. The Bertz CT molecular complexity index is 994. The number of anilines is 1. The summed E-state index contributed by atoms with van der Waals surface area (Å²) in [6.07, 6.45) is 0. The van der Waals surface area contributed by atoms with Gasteiger partial charge in [0.15, 0.2) is 5.76 Å². The highest BCUT2D eigenvalue weighted by Crippen LogP contribution is 2.22. The molecule has 0 radical (unpaired) electrons. The molecule has 0 bridgehead atoms. The Morgan fingerprint density at radius 1 is 1.17 bits per heavy atom. The van der Waals surface area contributed by atoms with E-state index in [1.807, 2.05) is 13.0 Å². The average molecular weight is 388 g/mol. The van der Waals surface area contributed by atoms with E-state index in [1.54, 1.807) is 43.5 Å². The summed E-state index contributed by atoms with van der Waals surface area (Å²) < 4.78 is 11.1. The maximum absolute atomic E-state index is 12.4. The quantitative estimate of drug-likeness (QED) is 0.733. The van der Waals surface area contributed by atoms with Crippen LogP contribution in [0.3, 0.4) is 0 Å². The van der Waals surface area contributed by atoms with Gasteiger partial charge >= 0.3 is 5.63 Å². The van der Waals surface area contributed by atoms with Crippen molar-refractivity contribution in [2.24, 2.45) is 0 Å². The Hall–Kier alpha value is -2.60. The first-order valence-electron chi connectivity index (χ1n) is 7.17. The summed E-state index contributed by atoms with van der Waals surface area (Å²) in [5, 5.41) is 3.81. The van der Waals surface area contributed by atoms with Crippen LogP contribution in [0, 0.1) is 6.92 Å². The third kappa shape index (κ3) is 3.19. The molecule has 0 saturated heterocycles. The van der Waals surface area contributed by atoms with Crippen LogP contribution in [-0.2, 0) is 0 Å². The van der Waals surface area contributed by atoms with Crippen molar-refractivity contribution in [3.63, 3.8) is 0 Å². The first-order valence-corrected chi connectivity index (χ1v) is 7.96. The summed E-state index contributed by atoms with van der Waals surface area (Å²) in [5.41, 5.74) is 0.916. The van der Waals surface area contributed by atoms with Crippen LogP contribution in [0.25, 0.3) is 10.8 Å². The third-order valence-corrected chi connectivity index (χ3v) is 4.12. The Kier molecular flexibility index (Phi) is 4.40. The SMILES string of the molecule is COc1ccc(NC(=O)c2cc3ccc(Br)cc3c(=O)o2)c(C)c1. The molecule has 3 rings (SSSR count). The number of aryl methyl sites for hydroxylation is 1. The number of rotatable bonds is 3. The maximum Gasteiger partial charge on any atom is 0.344 e. The van der Waals surface area contributed by atoms with E-state index < -0.39 is 11.5 Å². The molecule has 24 heavy (non-hydrogen) atoms. The van der Waals surface area contributed by atoms with Crippen LogP contribution in [0.4, 0.5) is 5.69 Å². The average Bonchev–Trinajstić information content (AvgIpc) is 2.57. The smallest absolute Gasteiger partial charge is 0.344 e. The van der Waals surface area contributed by atoms with Gasteiger partial charge in [-0.25, -0.2) is 4.79 Å². The minimum Gasteiger partial charge on any atom is -0.497 e. The summed E-state index contributed by atoms with van der Waals surface area (Å²) >= 11 is 3.31. The van der Waals surface area contributed by atoms with Gasteiger partial charge in [0, 0.05) is 10.2 Å². The lowest BCUT2D eigenvalue weighted by atomic mass is 10.1. The lowest BCUT2D eigenvalue weighted by molar-refractivity contribution is 0.0993. The second kappa shape index (κ2) is 6.49. The molecule has 0 unspecified atom stereocenters. The number of halogens is 1. The molecular formula is C18H14BrNO4. The van der Waals surface area contributed by atoms with Crippen molar-refractivity contribution in [3.8, 4) is 5.75 Å². The number of ether oxygens (including phenoxy) is 1. The van der Waals surface area contributed by atoms with Crippen molar-refractivity contribution in [2.45, 2.75) is 6.92 Å². The summed E-state index contributed by atoms with van der Waals surface area (Å²) in [6.45, 7) is 1.85. The fourth-order valence-corrected chi connectivity index (χ4v) is 2.72. The van der Waals surface area contributed by atoms with E-state index in [-0.39, 0.29) is 5.76 Å². The summed E-state index contributed by atoms with van der Waals surface area (Å²) in [6, 6.07) is 12.1. The zero-order valence-electron chi connectivity index (χ0n) is 13.1. The van der Waals surface area contributed by atoms with Crippen molar-refractivity contribution in [2.75, 3.05) is 12.4 Å². The minimum atomic E-state index is -0.551. The molecule has 1 aromatic heterocycles. The van der Waals surface area contributed by atoms with Gasteiger partial charge in [0.2, 0.25) is 0 Å². The van der Waals surface area contributed by atoms with E-state index in [1.165, 1.54) is 0 Å². The van der Waals surface area contributed by atoms with Crippen LogP contribution in [0.5, 0.6) is 5.75 Å². The molecule has 0 fully saturated rings. The topological polar surface area (TPSA) is 68.5 Å². The molecule has 1 heterocycles. The first-order chi connectivity index (χ1) is 11.5. The van der Waals surface area contributed by atoms with E-state index >= 15 is 0 Å². The standard InChI is InChI=1S/C18H14BrNO4/c1-10-7-13(23-2)5-6-15(10)20-17(21)16-8-11-3-4-12(19)9-14(11)18(22)24-16/h3-9H,1-2H3,(H,20,21). The van der Waals surface area contributed by atoms with Crippen LogP contribution in [0.1, 0.15) is 16.1 Å². The van der Waals surface area contributed by atoms with Gasteiger partial charge in [0.05, 0.1) is 12.5 Å². The number of fused-ring (bicyclic) bond motifs is 1. The van der Waals surface area contributed by atoms with Crippen molar-refractivity contribution < 1.29 is 13.9 Å². The second-order valence-corrected chi connectivity index (χ2v) is 6.18. The Morgan fingerprint density at radius 2 is 1.96 bits per heavy atom. The molecule has 0 aliphatic heterocycles. The van der Waals surface area contributed by atoms with E-state index in [9.17, 15) is 9.59 Å². The van der Waals surface area contributed by atoms with Gasteiger partial charge in [-0.3, -0.25) is 4.79 Å². The molecule has 6 heteroatoms. The summed E-state index contributed by atoms with van der Waals surface area (Å²) in [7, 11) is 1.58. The van der Waals surface area contributed by atoms with Crippen molar-refractivity contribution in [1.29, 1.82) is 0 Å². The number of amides is 1. The number of hydrogen-bond acceptors (Lipinski definition) is 4. The van der Waals surface area contributed by atoms with E-state index in [0.29, 0.717) is 22.2 Å². The fourth-order valence-electron chi connectivity index (χ4n) is 2.36. The van der Waals surface area contributed by atoms with Crippen molar-refractivity contribution in [1.82, 2.24) is 0 Å². The van der Waals surface area contributed by atoms with Gasteiger partial charge in [-0.1, -0.05) is 22.0 Å². The highest BCUT2D eigenvalue weighted by molar-refractivity contribution is 9.10. The van der Waals surface area contributed by atoms with Gasteiger partial charge in [-0.05, 0) is 54.3 Å². The predicted molar refractivity (Wildman–Crippen MR) is 95.9 cm³/mol. The summed E-state index contributed by atoms with van der Waals surface area (Å²) in [4.78, 5) is 24.5. The molecule has 5 nitrogen and oxygen atoms in total. The molecule has 122 valence electrons. The molecule has 0 aliphatic rings. The largest absolute Gasteiger partial charge is 0.497 e. The lowest BCUT2D eigenvalue weighted by Gasteiger charge is -2.09. The minimum absolute atomic E-state index is 0.0370. The second-order valence-electron chi connectivity index (χ2n) is 5.26. The number of benzene rings is 2. The fraction of sp³-hybridized carbons (Fsp3) is 0.111. The highest BCUT2D eigenvalue weighted by Gasteiger charge is 2.14. The monoisotopic (exact) mass is 387 g/mol. The molecule has 2 aromatic carbocycles. The van der Waals surface area contributed by atoms with Gasteiger partial charge in [0.1, 0.15) is 5.75 Å². The molecule has 0 atom stereocenters. The summed E-state index contributed by atoms with van der Waals surface area (Å²) in [5.74, 6) is 0.184. The van der Waals surface area contributed by atoms with Crippen molar-refractivity contribution >= 4 is 38.3 Å². The number of carbonyl (C=O) groups is 1. The van der Waals surface area contributed by atoms with E-state index in [0.717, 1.165) is 10.0 Å². The van der Waals surface area contributed by atoms with Crippen LogP contribution >= 0.6 is 15.9 Å². The van der Waals surface area contributed by atoms with Gasteiger partial charge in [-0.15, -0.1) is 0 Å². The van der Waals surface area contributed by atoms with E-state index in [2.05, 4.69) is 21.2 Å². The van der Waals surface area contributed by atoms with E-state index in [4.69, 9.17) is 9.15 Å². The van der Waals surface area contributed by atoms with Crippen LogP contribution in [0.15, 0.2) is 56.1 Å². The van der Waals surface area contributed by atoms with Gasteiger partial charge < -0.3 is 14.5 Å². The maximum atomic E-state index is 12.4. The Labute approximate surface area is 146 Å². The molecule has 0 aliphatic carbocycles. The molecule has 3 aromatic rings. The molecule has 0 saturated carbocycles. The zero-order valence-corrected chi connectivity index (χ0v) is 14.6. The molecular weight excluding hydrogens is 374 g/mol. The molecule has 1 N–H and O–H groups in total. The normalized spacial score (nSPS) is 10.6. The number of nitrogens with one attached hydrogen (secondary N) is 1. The number of methoxy groups -OCH3 is 1. The zero-order chi connectivity index (χ0) is 17.3. The van der Waals surface area contributed by atoms with Crippen LogP contribution < -0.4 is 15.7 Å². The Morgan fingerprint density at radius 3 is 2.67 bits per heavy atom. The molecule has 1 amide bonds.